The summed E-state index contributed by atoms with van der Waals surface area (Å²) < 4.78 is 7.28. The Balaban J connectivity index is 1.65. The van der Waals surface area contributed by atoms with Crippen LogP contribution in [-0.4, -0.2) is 22.2 Å². The zero-order valence-corrected chi connectivity index (χ0v) is 11.8. The summed E-state index contributed by atoms with van der Waals surface area (Å²) in [7, 11) is 0. The van der Waals surface area contributed by atoms with Crippen molar-refractivity contribution in [2.75, 3.05) is 6.54 Å². The summed E-state index contributed by atoms with van der Waals surface area (Å²) in [6, 6.07) is 5.50. The minimum atomic E-state index is -0.113. The van der Waals surface area contributed by atoms with E-state index in [2.05, 4.69) is 22.6 Å². The van der Waals surface area contributed by atoms with Crippen molar-refractivity contribution in [1.29, 1.82) is 0 Å². The van der Waals surface area contributed by atoms with Gasteiger partial charge in [-0.3, -0.25) is 9.48 Å². The van der Waals surface area contributed by atoms with E-state index in [1.807, 2.05) is 24.4 Å². The van der Waals surface area contributed by atoms with Gasteiger partial charge in [-0.15, -0.1) is 0 Å². The Hall–Kier alpha value is -2.30. The number of hydrogen-bond donors (Lipinski definition) is 1. The van der Waals surface area contributed by atoms with Crippen LogP contribution < -0.4 is 5.32 Å². The second-order valence-electron chi connectivity index (χ2n) is 5.24. The fraction of sp³-hybridized carbons (Fsp3) is 0.375. The lowest BCUT2D eigenvalue weighted by molar-refractivity contribution is -0.125. The van der Waals surface area contributed by atoms with Crippen molar-refractivity contribution in [3.8, 4) is 0 Å². The molecule has 2 heterocycles. The number of amides is 1. The zero-order chi connectivity index (χ0) is 14.5. The molecule has 0 saturated heterocycles. The molecule has 1 N–H and O–H groups in total. The van der Waals surface area contributed by atoms with Crippen LogP contribution >= 0.6 is 0 Å². The zero-order valence-electron chi connectivity index (χ0n) is 11.8. The number of rotatable bonds is 5. The quantitative estimate of drug-likeness (QED) is 0.859. The lowest BCUT2D eigenvalue weighted by Crippen LogP contribution is -2.36. The van der Waals surface area contributed by atoms with Gasteiger partial charge in [0, 0.05) is 24.9 Å². The number of nitrogens with one attached hydrogen (secondary N) is 1. The van der Waals surface area contributed by atoms with Crippen LogP contribution in [0.1, 0.15) is 31.1 Å². The van der Waals surface area contributed by atoms with Crippen molar-refractivity contribution in [3.63, 3.8) is 0 Å². The van der Waals surface area contributed by atoms with Gasteiger partial charge < -0.3 is 9.73 Å². The lowest BCUT2D eigenvalue weighted by Gasteiger charge is -2.20. The van der Waals surface area contributed by atoms with Gasteiger partial charge in [-0.25, -0.2) is 0 Å². The fourth-order valence-corrected chi connectivity index (χ4v) is 2.64. The Morgan fingerprint density at radius 2 is 2.43 bits per heavy atom. The Morgan fingerprint density at radius 1 is 1.48 bits per heavy atom. The van der Waals surface area contributed by atoms with Gasteiger partial charge in [0.2, 0.25) is 5.91 Å². The molecule has 0 spiro atoms. The van der Waals surface area contributed by atoms with E-state index in [1.54, 1.807) is 17.1 Å². The standard InChI is InChI=1S/C16H19N3O2/c20-16(13-6-2-1-3-7-13)17-12-14(15-8-4-11-21-15)19-10-5-9-18-19/h1-2,4-5,8-11,13-14H,3,6-7,12H2,(H,17,20)/t13-,14-/m0/s1. The molecule has 0 aromatic carbocycles. The van der Waals surface area contributed by atoms with Crippen molar-refractivity contribution in [2.45, 2.75) is 25.3 Å². The van der Waals surface area contributed by atoms with E-state index in [-0.39, 0.29) is 17.9 Å². The highest BCUT2D eigenvalue weighted by Gasteiger charge is 2.22. The topological polar surface area (TPSA) is 60.1 Å². The molecular formula is C16H19N3O2. The molecule has 0 unspecified atom stereocenters. The third-order valence-electron chi connectivity index (χ3n) is 3.83. The minimum Gasteiger partial charge on any atom is -0.467 e. The average molecular weight is 285 g/mol. The normalized spacial score (nSPS) is 19.3. The van der Waals surface area contributed by atoms with Gasteiger partial charge in [0.15, 0.2) is 0 Å². The smallest absolute Gasteiger partial charge is 0.223 e. The van der Waals surface area contributed by atoms with Crippen molar-refractivity contribution < 1.29 is 9.21 Å². The number of aromatic nitrogens is 2. The van der Waals surface area contributed by atoms with Crippen LogP contribution in [0.5, 0.6) is 0 Å². The minimum absolute atomic E-state index is 0.0878. The summed E-state index contributed by atoms with van der Waals surface area (Å²) in [4.78, 5) is 12.2. The maximum atomic E-state index is 12.2. The van der Waals surface area contributed by atoms with Crippen LogP contribution in [-0.2, 0) is 4.79 Å². The van der Waals surface area contributed by atoms with E-state index in [0.29, 0.717) is 6.54 Å². The number of carbonyl (C=O) groups excluding carboxylic acids is 1. The number of hydrogen-bond acceptors (Lipinski definition) is 3. The highest BCUT2D eigenvalue weighted by atomic mass is 16.3. The van der Waals surface area contributed by atoms with Gasteiger partial charge >= 0.3 is 0 Å². The largest absolute Gasteiger partial charge is 0.467 e. The first kappa shape index (κ1) is 13.7. The molecule has 2 aromatic heterocycles. The van der Waals surface area contributed by atoms with Crippen LogP contribution in [0.3, 0.4) is 0 Å². The molecule has 3 rings (SSSR count). The average Bonchev–Trinajstić information content (AvgIpc) is 3.22. The molecule has 0 bridgehead atoms. The van der Waals surface area contributed by atoms with Crippen molar-refractivity contribution in [2.24, 2.45) is 5.92 Å². The third kappa shape index (κ3) is 3.24. The highest BCUT2D eigenvalue weighted by molar-refractivity contribution is 5.79. The van der Waals surface area contributed by atoms with Crippen LogP contribution in [0.15, 0.2) is 53.4 Å². The maximum Gasteiger partial charge on any atom is 0.223 e. The molecule has 0 saturated carbocycles. The fourth-order valence-electron chi connectivity index (χ4n) is 2.64. The number of allylic oxidation sites excluding steroid dienone is 2. The monoisotopic (exact) mass is 285 g/mol. The first-order valence-electron chi connectivity index (χ1n) is 7.30. The number of furan rings is 1. The van der Waals surface area contributed by atoms with E-state index < -0.39 is 0 Å². The maximum absolute atomic E-state index is 12.2. The predicted octanol–water partition coefficient (Wildman–Crippen LogP) is 2.54. The molecule has 110 valence electrons. The predicted molar refractivity (Wildman–Crippen MR) is 78.6 cm³/mol. The van der Waals surface area contributed by atoms with E-state index in [0.717, 1.165) is 25.0 Å². The Labute approximate surface area is 123 Å². The van der Waals surface area contributed by atoms with Gasteiger partial charge in [0.1, 0.15) is 11.8 Å². The van der Waals surface area contributed by atoms with E-state index >= 15 is 0 Å². The van der Waals surface area contributed by atoms with Gasteiger partial charge in [0.05, 0.1) is 6.26 Å². The third-order valence-corrected chi connectivity index (χ3v) is 3.83. The Bertz CT molecular complexity index is 553. The van der Waals surface area contributed by atoms with E-state index in [1.165, 1.54) is 0 Å². The van der Waals surface area contributed by atoms with Gasteiger partial charge in [0.25, 0.3) is 0 Å². The number of carbonyl (C=O) groups is 1. The molecule has 1 aliphatic rings. The van der Waals surface area contributed by atoms with Gasteiger partial charge in [-0.1, -0.05) is 12.2 Å². The molecular weight excluding hydrogens is 266 g/mol. The summed E-state index contributed by atoms with van der Waals surface area (Å²) in [5, 5.41) is 7.29. The molecule has 5 nitrogen and oxygen atoms in total. The molecule has 21 heavy (non-hydrogen) atoms. The second-order valence-corrected chi connectivity index (χ2v) is 5.24. The first-order valence-corrected chi connectivity index (χ1v) is 7.30. The second kappa shape index (κ2) is 6.43. The van der Waals surface area contributed by atoms with Gasteiger partial charge in [-0.05, 0) is 37.5 Å². The Kier molecular flexibility index (Phi) is 4.19. The van der Waals surface area contributed by atoms with Gasteiger partial charge in [-0.2, -0.15) is 5.10 Å². The first-order chi connectivity index (χ1) is 10.3. The number of nitrogens with zero attached hydrogens (tertiary/aromatic N) is 2. The molecule has 1 amide bonds. The molecule has 2 atom stereocenters. The van der Waals surface area contributed by atoms with Crippen LogP contribution in [0.25, 0.3) is 0 Å². The Morgan fingerprint density at radius 3 is 3.10 bits per heavy atom. The van der Waals surface area contributed by atoms with Crippen LogP contribution in [0.2, 0.25) is 0 Å². The highest BCUT2D eigenvalue weighted by Crippen LogP contribution is 2.20. The molecule has 0 fully saturated rings. The van der Waals surface area contributed by atoms with Crippen LogP contribution in [0, 0.1) is 5.92 Å². The summed E-state index contributed by atoms with van der Waals surface area (Å²) in [6.45, 7) is 0.480. The van der Waals surface area contributed by atoms with Crippen LogP contribution in [0.4, 0.5) is 0 Å². The SMILES string of the molecule is O=C(NC[C@@H](c1ccco1)n1cccn1)[C@H]1CC=CCC1. The summed E-state index contributed by atoms with van der Waals surface area (Å²) in [5.74, 6) is 0.996. The van der Waals surface area contributed by atoms with Crippen molar-refractivity contribution in [1.82, 2.24) is 15.1 Å². The van der Waals surface area contributed by atoms with E-state index in [9.17, 15) is 4.79 Å². The molecule has 2 aromatic rings. The lowest BCUT2D eigenvalue weighted by atomic mass is 9.93. The molecule has 0 aliphatic heterocycles. The summed E-state index contributed by atoms with van der Waals surface area (Å²) >= 11 is 0. The van der Waals surface area contributed by atoms with Crippen molar-refractivity contribution >= 4 is 5.91 Å². The molecule has 1 aliphatic carbocycles. The summed E-state index contributed by atoms with van der Waals surface area (Å²) in [6.07, 6.45) is 12.2. The van der Waals surface area contributed by atoms with E-state index in [4.69, 9.17) is 4.42 Å². The van der Waals surface area contributed by atoms with Crippen molar-refractivity contribution in [3.05, 3.63) is 54.8 Å². The molecule has 5 heteroatoms. The summed E-state index contributed by atoms with van der Waals surface area (Å²) in [5.41, 5.74) is 0. The molecule has 0 radical (unpaired) electrons.